The highest BCUT2D eigenvalue weighted by Crippen LogP contribution is 2.23. The monoisotopic (exact) mass is 340 g/mol. The topological polar surface area (TPSA) is 80.0 Å². The summed E-state index contributed by atoms with van der Waals surface area (Å²) in [6, 6.07) is 7.04. The van der Waals surface area contributed by atoms with Crippen LogP contribution in [0.5, 0.6) is 0 Å². The molecule has 0 bridgehead atoms. The summed E-state index contributed by atoms with van der Waals surface area (Å²) in [5.74, 6) is 0. The first-order valence-corrected chi connectivity index (χ1v) is 7.20. The third kappa shape index (κ3) is 4.02. The summed E-state index contributed by atoms with van der Waals surface area (Å²) < 4.78 is 0.863. The van der Waals surface area contributed by atoms with E-state index in [4.69, 9.17) is 5.73 Å². The highest BCUT2D eigenvalue weighted by Gasteiger charge is 2.07. The number of halogens is 1. The van der Waals surface area contributed by atoms with Gasteiger partial charge in [0.2, 0.25) is 0 Å². The van der Waals surface area contributed by atoms with Gasteiger partial charge in [0.15, 0.2) is 5.13 Å². The number of nitrogens with one attached hydrogen (secondary N) is 2. The predicted octanol–water partition coefficient (Wildman–Crippen LogP) is 3.57. The van der Waals surface area contributed by atoms with Gasteiger partial charge in [0.05, 0.1) is 9.98 Å². The van der Waals surface area contributed by atoms with Gasteiger partial charge in [0, 0.05) is 11.7 Å². The van der Waals surface area contributed by atoms with E-state index in [1.807, 2.05) is 31.2 Å². The second kappa shape index (κ2) is 6.14. The molecule has 2 amide bonds. The van der Waals surface area contributed by atoms with Gasteiger partial charge in [0.25, 0.3) is 0 Å². The first-order valence-electron chi connectivity index (χ1n) is 5.59. The fourth-order valence-electron chi connectivity index (χ4n) is 1.47. The second-order valence-electron chi connectivity index (χ2n) is 3.96. The minimum atomic E-state index is -0.330. The minimum absolute atomic E-state index is 0.0697. The number of aromatic nitrogens is 1. The van der Waals surface area contributed by atoms with Gasteiger partial charge in [0.1, 0.15) is 0 Å². The number of nitrogens with zero attached hydrogens (tertiary/aromatic N) is 1. The SMILES string of the molecule is CC(N)c1cccc(NC(=O)Nc2ncc(Br)s2)c1. The molecule has 0 aliphatic carbocycles. The van der Waals surface area contributed by atoms with E-state index in [9.17, 15) is 4.79 Å². The molecule has 19 heavy (non-hydrogen) atoms. The highest BCUT2D eigenvalue weighted by molar-refractivity contribution is 9.11. The third-order valence-corrected chi connectivity index (χ3v) is 3.76. The van der Waals surface area contributed by atoms with Crippen molar-refractivity contribution in [1.82, 2.24) is 4.98 Å². The quantitative estimate of drug-likeness (QED) is 0.798. The number of carbonyl (C=O) groups excluding carboxylic acids is 1. The summed E-state index contributed by atoms with van der Waals surface area (Å²) in [6.45, 7) is 1.90. The number of thiazole rings is 1. The van der Waals surface area contributed by atoms with Crippen LogP contribution < -0.4 is 16.4 Å². The lowest BCUT2D eigenvalue weighted by Crippen LogP contribution is -2.19. The number of nitrogens with two attached hydrogens (primary N) is 1. The first kappa shape index (κ1) is 14.0. The molecule has 2 rings (SSSR count). The summed E-state index contributed by atoms with van der Waals surface area (Å²) >= 11 is 4.63. The molecule has 100 valence electrons. The maximum atomic E-state index is 11.8. The van der Waals surface area contributed by atoms with Crippen molar-refractivity contribution < 1.29 is 4.79 Å². The van der Waals surface area contributed by atoms with Crippen LogP contribution in [0.25, 0.3) is 0 Å². The van der Waals surface area contributed by atoms with Gasteiger partial charge >= 0.3 is 6.03 Å². The Morgan fingerprint density at radius 2 is 2.26 bits per heavy atom. The minimum Gasteiger partial charge on any atom is -0.324 e. The Balaban J connectivity index is 2.00. The fourth-order valence-corrected chi connectivity index (χ4v) is 2.57. The number of hydrogen-bond donors (Lipinski definition) is 3. The Kier molecular flexibility index (Phi) is 4.52. The van der Waals surface area contributed by atoms with Gasteiger partial charge in [-0.1, -0.05) is 23.5 Å². The highest BCUT2D eigenvalue weighted by atomic mass is 79.9. The fraction of sp³-hybridized carbons (Fsp3) is 0.167. The zero-order valence-corrected chi connectivity index (χ0v) is 12.6. The normalized spacial score (nSPS) is 11.9. The van der Waals surface area contributed by atoms with Gasteiger partial charge in [-0.15, -0.1) is 0 Å². The number of urea groups is 1. The lowest BCUT2D eigenvalue weighted by molar-refractivity contribution is 0.262. The zero-order chi connectivity index (χ0) is 13.8. The lowest BCUT2D eigenvalue weighted by atomic mass is 10.1. The molecule has 0 saturated carbocycles. The van der Waals surface area contributed by atoms with E-state index in [-0.39, 0.29) is 12.1 Å². The Labute approximate surface area is 123 Å². The van der Waals surface area contributed by atoms with Crippen molar-refractivity contribution >= 4 is 44.1 Å². The van der Waals surface area contributed by atoms with E-state index in [1.165, 1.54) is 11.3 Å². The largest absolute Gasteiger partial charge is 0.325 e. The first-order chi connectivity index (χ1) is 9.04. The van der Waals surface area contributed by atoms with Gasteiger partial charge in [-0.3, -0.25) is 5.32 Å². The van der Waals surface area contributed by atoms with Crippen LogP contribution in [0.2, 0.25) is 0 Å². The van der Waals surface area contributed by atoms with Crippen molar-refractivity contribution in [3.63, 3.8) is 0 Å². The molecule has 4 N–H and O–H groups in total. The van der Waals surface area contributed by atoms with Crippen molar-refractivity contribution in [2.75, 3.05) is 10.6 Å². The van der Waals surface area contributed by atoms with E-state index >= 15 is 0 Å². The number of amides is 2. The third-order valence-electron chi connectivity index (χ3n) is 2.37. The molecule has 1 unspecified atom stereocenters. The molecule has 0 fully saturated rings. The van der Waals surface area contributed by atoms with E-state index in [0.29, 0.717) is 10.8 Å². The standard InChI is InChI=1S/C12H13BrN4OS/c1-7(14)8-3-2-4-9(5-8)16-11(18)17-12-15-6-10(13)19-12/h2-7H,14H2,1H3,(H2,15,16,17,18). The zero-order valence-electron chi connectivity index (χ0n) is 10.2. The Morgan fingerprint density at radius 1 is 1.47 bits per heavy atom. The van der Waals surface area contributed by atoms with E-state index < -0.39 is 0 Å². The molecule has 2 aromatic rings. The average molecular weight is 341 g/mol. The molecule has 1 aromatic heterocycles. The maximum absolute atomic E-state index is 11.8. The number of benzene rings is 1. The van der Waals surface area contributed by atoms with Crippen LogP contribution >= 0.6 is 27.3 Å². The Bertz CT molecular complexity index is 585. The molecule has 1 heterocycles. The summed E-state index contributed by atoms with van der Waals surface area (Å²) in [5.41, 5.74) is 7.46. The van der Waals surface area contributed by atoms with E-state index in [2.05, 4.69) is 31.5 Å². The molecule has 0 radical (unpaired) electrons. The maximum Gasteiger partial charge on any atom is 0.325 e. The van der Waals surface area contributed by atoms with E-state index in [0.717, 1.165) is 9.35 Å². The smallest absolute Gasteiger partial charge is 0.324 e. The van der Waals surface area contributed by atoms with Crippen molar-refractivity contribution in [2.24, 2.45) is 5.73 Å². The van der Waals surface area contributed by atoms with E-state index in [1.54, 1.807) is 6.20 Å². The van der Waals surface area contributed by atoms with Crippen LogP contribution in [0.1, 0.15) is 18.5 Å². The van der Waals surface area contributed by atoms with Crippen LogP contribution in [-0.2, 0) is 0 Å². The number of rotatable bonds is 3. The molecular weight excluding hydrogens is 328 g/mol. The molecule has 1 atom stereocenters. The molecule has 0 saturated heterocycles. The average Bonchev–Trinajstić information content (AvgIpc) is 2.74. The molecular formula is C12H13BrN4OS. The second-order valence-corrected chi connectivity index (χ2v) is 6.37. The molecule has 7 heteroatoms. The molecule has 0 aliphatic heterocycles. The predicted molar refractivity (Wildman–Crippen MR) is 81.5 cm³/mol. The van der Waals surface area contributed by atoms with Gasteiger partial charge in [-0.2, -0.15) is 0 Å². The van der Waals surface area contributed by atoms with Crippen molar-refractivity contribution in [3.8, 4) is 0 Å². The summed E-state index contributed by atoms with van der Waals surface area (Å²) in [6.07, 6.45) is 1.64. The Morgan fingerprint density at radius 3 is 2.89 bits per heavy atom. The van der Waals surface area contributed by atoms with Gasteiger partial charge in [-0.25, -0.2) is 9.78 Å². The van der Waals surface area contributed by atoms with Crippen LogP contribution in [-0.4, -0.2) is 11.0 Å². The van der Waals surface area contributed by atoms with Gasteiger partial charge < -0.3 is 11.1 Å². The van der Waals surface area contributed by atoms with Crippen molar-refractivity contribution in [2.45, 2.75) is 13.0 Å². The number of hydrogen-bond acceptors (Lipinski definition) is 4. The summed E-state index contributed by atoms with van der Waals surface area (Å²) in [4.78, 5) is 15.8. The van der Waals surface area contributed by atoms with Crippen LogP contribution in [0, 0.1) is 0 Å². The molecule has 5 nitrogen and oxygen atoms in total. The summed E-state index contributed by atoms with van der Waals surface area (Å²) in [7, 11) is 0. The van der Waals surface area contributed by atoms with Crippen LogP contribution in [0.15, 0.2) is 34.2 Å². The van der Waals surface area contributed by atoms with Crippen LogP contribution in [0.3, 0.4) is 0 Å². The molecule has 0 aliphatic rings. The molecule has 0 spiro atoms. The van der Waals surface area contributed by atoms with Crippen molar-refractivity contribution in [3.05, 3.63) is 39.8 Å². The Hall–Kier alpha value is -1.44. The number of anilines is 2. The molecule has 1 aromatic carbocycles. The lowest BCUT2D eigenvalue weighted by Gasteiger charge is -2.09. The van der Waals surface area contributed by atoms with Gasteiger partial charge in [-0.05, 0) is 40.5 Å². The van der Waals surface area contributed by atoms with Crippen molar-refractivity contribution in [1.29, 1.82) is 0 Å². The number of carbonyl (C=O) groups is 1. The van der Waals surface area contributed by atoms with Crippen LogP contribution in [0.4, 0.5) is 15.6 Å². The summed E-state index contributed by atoms with van der Waals surface area (Å²) in [5, 5.41) is 5.93.